The Kier molecular flexibility index (Phi) is 6.56. The van der Waals surface area contributed by atoms with Crippen LogP contribution in [0.3, 0.4) is 0 Å². The first-order chi connectivity index (χ1) is 15.5. The van der Waals surface area contributed by atoms with E-state index in [4.69, 9.17) is 0 Å². The summed E-state index contributed by atoms with van der Waals surface area (Å²) in [4.78, 5) is 2.31. The van der Waals surface area contributed by atoms with E-state index in [1.807, 2.05) is 0 Å². The zero-order valence-electron chi connectivity index (χ0n) is 19.5. The Hall–Kier alpha value is -3.58. The Morgan fingerprint density at radius 1 is 0.562 bits per heavy atom. The summed E-state index contributed by atoms with van der Waals surface area (Å²) in [6.07, 6.45) is 5.48. The van der Waals surface area contributed by atoms with Crippen molar-refractivity contribution in [1.82, 2.24) is 0 Å². The molecular weight excluding hydrogens is 386 g/mol. The van der Waals surface area contributed by atoms with Crippen LogP contribution in [0.15, 0.2) is 91.0 Å². The Bertz CT molecular complexity index is 1150. The summed E-state index contributed by atoms with van der Waals surface area (Å²) < 4.78 is 0. The van der Waals surface area contributed by atoms with Crippen LogP contribution in [0.2, 0.25) is 0 Å². The van der Waals surface area contributed by atoms with Gasteiger partial charge in [0.05, 0.1) is 0 Å². The lowest BCUT2D eigenvalue weighted by Gasteiger charge is -2.25. The summed E-state index contributed by atoms with van der Waals surface area (Å²) in [6, 6.07) is 32.9. The number of benzene rings is 4. The van der Waals surface area contributed by atoms with Crippen molar-refractivity contribution in [2.45, 2.75) is 34.1 Å². The molecule has 0 aliphatic carbocycles. The van der Waals surface area contributed by atoms with Crippen LogP contribution in [-0.2, 0) is 6.42 Å². The molecule has 4 aromatic rings. The van der Waals surface area contributed by atoms with Crippen molar-refractivity contribution < 1.29 is 0 Å². The number of nitrogens with zero attached hydrogens (tertiary/aromatic N) is 1. The molecular formula is C31H31N. The molecule has 1 nitrogen and oxygen atoms in total. The lowest BCUT2D eigenvalue weighted by molar-refractivity contribution is 1.12. The third kappa shape index (κ3) is 5.00. The van der Waals surface area contributed by atoms with Gasteiger partial charge < -0.3 is 4.90 Å². The quantitative estimate of drug-likeness (QED) is 0.283. The standard InChI is InChI=1S/C31H31N/c1-5-27-22-25(4)6-14-28(27)15-11-26-12-20-31(21-13-26)32(29-16-7-23(2)8-17-29)30-18-9-24(3)10-19-30/h6-22H,5H2,1-4H3. The average molecular weight is 418 g/mol. The first-order valence-electron chi connectivity index (χ1n) is 11.3. The molecule has 1 heteroatoms. The molecule has 0 aromatic heterocycles. The average Bonchev–Trinajstić information content (AvgIpc) is 2.81. The Morgan fingerprint density at radius 2 is 1.03 bits per heavy atom. The molecule has 0 N–H and O–H groups in total. The molecule has 0 heterocycles. The van der Waals surface area contributed by atoms with Gasteiger partial charge in [0.1, 0.15) is 0 Å². The van der Waals surface area contributed by atoms with E-state index < -0.39 is 0 Å². The molecule has 32 heavy (non-hydrogen) atoms. The normalized spacial score (nSPS) is 11.1. The minimum Gasteiger partial charge on any atom is -0.311 e. The van der Waals surface area contributed by atoms with E-state index in [2.05, 4.69) is 136 Å². The molecule has 0 radical (unpaired) electrons. The maximum atomic E-state index is 2.31. The highest BCUT2D eigenvalue weighted by molar-refractivity contribution is 5.78. The maximum Gasteiger partial charge on any atom is 0.0462 e. The summed E-state index contributed by atoms with van der Waals surface area (Å²) in [5.41, 5.74) is 11.2. The van der Waals surface area contributed by atoms with Gasteiger partial charge in [0.2, 0.25) is 0 Å². The van der Waals surface area contributed by atoms with Crippen molar-refractivity contribution >= 4 is 29.2 Å². The number of anilines is 3. The van der Waals surface area contributed by atoms with Crippen molar-refractivity contribution in [1.29, 1.82) is 0 Å². The summed E-state index contributed by atoms with van der Waals surface area (Å²) in [6.45, 7) is 8.61. The van der Waals surface area contributed by atoms with Crippen molar-refractivity contribution in [3.63, 3.8) is 0 Å². The SMILES string of the molecule is CCc1cc(C)ccc1C=Cc1ccc(N(c2ccc(C)cc2)c2ccc(C)cc2)cc1. The molecule has 0 bridgehead atoms. The molecule has 0 aliphatic heterocycles. The Labute approximate surface area is 192 Å². The van der Waals surface area contributed by atoms with Gasteiger partial charge in [-0.2, -0.15) is 0 Å². The highest BCUT2D eigenvalue weighted by Crippen LogP contribution is 2.34. The molecule has 0 atom stereocenters. The van der Waals surface area contributed by atoms with Crippen LogP contribution >= 0.6 is 0 Å². The highest BCUT2D eigenvalue weighted by Gasteiger charge is 2.12. The van der Waals surface area contributed by atoms with E-state index in [-0.39, 0.29) is 0 Å². The fourth-order valence-electron chi connectivity index (χ4n) is 3.96. The van der Waals surface area contributed by atoms with Crippen LogP contribution in [0.4, 0.5) is 17.1 Å². The largest absolute Gasteiger partial charge is 0.311 e. The summed E-state index contributed by atoms with van der Waals surface area (Å²) in [7, 11) is 0. The van der Waals surface area contributed by atoms with Gasteiger partial charge in [-0.1, -0.05) is 90.4 Å². The molecule has 0 saturated heterocycles. The van der Waals surface area contributed by atoms with Gasteiger partial charge in [-0.15, -0.1) is 0 Å². The summed E-state index contributed by atoms with van der Waals surface area (Å²) >= 11 is 0. The van der Waals surface area contributed by atoms with E-state index in [1.165, 1.54) is 33.4 Å². The zero-order valence-corrected chi connectivity index (χ0v) is 19.5. The molecule has 0 aliphatic rings. The van der Waals surface area contributed by atoms with Gasteiger partial charge in [0.15, 0.2) is 0 Å². The van der Waals surface area contributed by atoms with Crippen molar-refractivity contribution in [3.8, 4) is 0 Å². The predicted octanol–water partition coefficient (Wildman–Crippen LogP) is 8.81. The van der Waals surface area contributed by atoms with Crippen LogP contribution in [0.5, 0.6) is 0 Å². The van der Waals surface area contributed by atoms with Crippen LogP contribution < -0.4 is 4.90 Å². The van der Waals surface area contributed by atoms with Gasteiger partial charge in [-0.25, -0.2) is 0 Å². The highest BCUT2D eigenvalue weighted by atomic mass is 15.1. The second-order valence-electron chi connectivity index (χ2n) is 8.49. The number of rotatable bonds is 6. The lowest BCUT2D eigenvalue weighted by Crippen LogP contribution is -2.09. The van der Waals surface area contributed by atoms with Crippen LogP contribution in [0, 0.1) is 20.8 Å². The fraction of sp³-hybridized carbons (Fsp3) is 0.161. The molecule has 0 unspecified atom stereocenters. The number of hydrogen-bond acceptors (Lipinski definition) is 1. The second-order valence-corrected chi connectivity index (χ2v) is 8.49. The van der Waals surface area contributed by atoms with Crippen molar-refractivity contribution in [3.05, 3.63) is 124 Å². The monoisotopic (exact) mass is 417 g/mol. The molecule has 0 fully saturated rings. The first-order valence-corrected chi connectivity index (χ1v) is 11.3. The van der Waals surface area contributed by atoms with Gasteiger partial charge in [0, 0.05) is 17.1 Å². The molecule has 0 spiro atoms. The Balaban J connectivity index is 1.65. The van der Waals surface area contributed by atoms with Crippen molar-refractivity contribution in [2.75, 3.05) is 4.90 Å². The van der Waals surface area contributed by atoms with Gasteiger partial charge in [-0.3, -0.25) is 0 Å². The molecule has 4 aromatic carbocycles. The van der Waals surface area contributed by atoms with Crippen LogP contribution in [0.25, 0.3) is 12.2 Å². The topological polar surface area (TPSA) is 3.24 Å². The number of aryl methyl sites for hydroxylation is 4. The van der Waals surface area contributed by atoms with Gasteiger partial charge >= 0.3 is 0 Å². The van der Waals surface area contributed by atoms with Gasteiger partial charge in [-0.05, 0) is 80.3 Å². The van der Waals surface area contributed by atoms with Crippen LogP contribution in [0.1, 0.15) is 40.3 Å². The molecule has 0 saturated carbocycles. The Morgan fingerprint density at radius 3 is 1.53 bits per heavy atom. The third-order valence-electron chi connectivity index (χ3n) is 5.87. The summed E-state index contributed by atoms with van der Waals surface area (Å²) in [5.74, 6) is 0. The first kappa shape index (κ1) is 21.6. The lowest BCUT2D eigenvalue weighted by atomic mass is 10.0. The summed E-state index contributed by atoms with van der Waals surface area (Å²) in [5, 5.41) is 0. The van der Waals surface area contributed by atoms with Crippen molar-refractivity contribution in [2.24, 2.45) is 0 Å². The second kappa shape index (κ2) is 9.70. The fourth-order valence-corrected chi connectivity index (χ4v) is 3.96. The molecule has 0 amide bonds. The minimum atomic E-state index is 1.04. The van der Waals surface area contributed by atoms with E-state index in [0.29, 0.717) is 0 Å². The van der Waals surface area contributed by atoms with Gasteiger partial charge in [0.25, 0.3) is 0 Å². The zero-order chi connectivity index (χ0) is 22.5. The van der Waals surface area contributed by atoms with E-state index >= 15 is 0 Å². The third-order valence-corrected chi connectivity index (χ3v) is 5.87. The molecule has 4 rings (SSSR count). The van der Waals surface area contributed by atoms with E-state index in [0.717, 1.165) is 23.5 Å². The maximum absolute atomic E-state index is 2.31. The van der Waals surface area contributed by atoms with Crippen LogP contribution in [-0.4, -0.2) is 0 Å². The smallest absolute Gasteiger partial charge is 0.0462 e. The van der Waals surface area contributed by atoms with E-state index in [1.54, 1.807) is 0 Å². The predicted molar refractivity (Wildman–Crippen MR) is 140 cm³/mol. The molecule has 160 valence electrons. The number of hydrogen-bond donors (Lipinski definition) is 0. The minimum absolute atomic E-state index is 1.04. The van der Waals surface area contributed by atoms with E-state index in [9.17, 15) is 0 Å².